The van der Waals surface area contributed by atoms with Gasteiger partial charge in [0.15, 0.2) is 0 Å². The van der Waals surface area contributed by atoms with E-state index in [-0.39, 0.29) is 12.5 Å². The highest BCUT2D eigenvalue weighted by Gasteiger charge is 2.48. The maximum absolute atomic E-state index is 12.5. The van der Waals surface area contributed by atoms with E-state index in [9.17, 15) is 13.9 Å². The summed E-state index contributed by atoms with van der Waals surface area (Å²) in [5.74, 6) is 3.05. The van der Waals surface area contributed by atoms with Crippen molar-refractivity contribution in [3.05, 3.63) is 0 Å². The zero-order valence-corrected chi connectivity index (χ0v) is 14.7. The number of hydrogen-bond donors (Lipinski definition) is 3. The van der Waals surface area contributed by atoms with Gasteiger partial charge in [-0.25, -0.2) is 0 Å². The lowest BCUT2D eigenvalue weighted by atomic mass is 9.54. The Morgan fingerprint density at radius 1 is 1.09 bits per heavy atom. The lowest BCUT2D eigenvalue weighted by Crippen LogP contribution is -2.57. The van der Waals surface area contributed by atoms with E-state index >= 15 is 0 Å². The normalized spacial score (nSPS) is 44.2. The average molecular weight is 343 g/mol. The Labute approximate surface area is 140 Å². The smallest absolute Gasteiger partial charge is 0.236 e. The van der Waals surface area contributed by atoms with Gasteiger partial charge in [0, 0.05) is 26.2 Å². The van der Waals surface area contributed by atoms with Crippen LogP contribution in [0, 0.1) is 23.7 Å². The van der Waals surface area contributed by atoms with Gasteiger partial charge in [0.1, 0.15) is 0 Å². The third kappa shape index (κ3) is 2.91. The van der Waals surface area contributed by atoms with Crippen LogP contribution in [0.1, 0.15) is 38.5 Å². The monoisotopic (exact) mass is 343 g/mol. The van der Waals surface area contributed by atoms with E-state index in [0.717, 1.165) is 18.3 Å². The molecule has 5 fully saturated rings. The Morgan fingerprint density at radius 2 is 1.70 bits per heavy atom. The predicted octanol–water partition coefficient (Wildman–Crippen LogP) is 2.15. The molecule has 3 N–H and O–H groups in total. The highest BCUT2D eigenvalue weighted by Crippen LogP contribution is 2.54. The summed E-state index contributed by atoms with van der Waals surface area (Å²) >= 11 is 0. The van der Waals surface area contributed by atoms with Crippen LogP contribution in [-0.4, -0.2) is 56.3 Å². The van der Waals surface area contributed by atoms with Gasteiger partial charge < -0.3 is 5.32 Å². The van der Waals surface area contributed by atoms with Gasteiger partial charge >= 0.3 is 0 Å². The quantitative estimate of drug-likeness (QED) is 0.732. The molecule has 4 bridgehead atoms. The molecular weight excluding hydrogens is 314 g/mol. The van der Waals surface area contributed by atoms with E-state index < -0.39 is 11.0 Å². The van der Waals surface area contributed by atoms with Crippen LogP contribution < -0.4 is 5.32 Å². The van der Waals surface area contributed by atoms with Crippen molar-refractivity contribution in [1.82, 2.24) is 13.9 Å². The molecule has 5 rings (SSSR count). The van der Waals surface area contributed by atoms with E-state index in [1.54, 1.807) is 15.7 Å². The second-order valence-corrected chi connectivity index (χ2v) is 10.2. The molecule has 0 atom stereocenters. The van der Waals surface area contributed by atoms with E-state index in [0.29, 0.717) is 31.0 Å². The van der Waals surface area contributed by atoms with Gasteiger partial charge in [-0.15, -0.1) is 0 Å². The zero-order chi connectivity index (χ0) is 16.2. The summed E-state index contributed by atoms with van der Waals surface area (Å²) in [6.07, 6.45) is 7.38. The van der Waals surface area contributed by atoms with Crippen molar-refractivity contribution >= 4 is 16.9 Å². The number of nitrogens with zero attached hydrogens (tertiary/aromatic N) is 2. The van der Waals surface area contributed by atoms with Gasteiger partial charge in [0.2, 0.25) is 5.91 Å². The third-order valence-corrected chi connectivity index (χ3v) is 8.54. The predicted molar refractivity (Wildman–Crippen MR) is 90.6 cm³/mol. The summed E-state index contributed by atoms with van der Waals surface area (Å²) in [5.41, 5.74) is 0. The fourth-order valence-corrected chi connectivity index (χ4v) is 7.06. The number of amides is 1. The molecule has 1 saturated heterocycles. The minimum Gasteiger partial charge on any atom is -0.352 e. The molecule has 5 aliphatic rings. The number of hydrogen-bond acceptors (Lipinski definition) is 5. The largest absolute Gasteiger partial charge is 0.352 e. The van der Waals surface area contributed by atoms with E-state index in [1.807, 2.05) is 0 Å². The Kier molecular flexibility index (Phi) is 4.13. The van der Waals surface area contributed by atoms with Crippen molar-refractivity contribution in [1.29, 1.82) is 0 Å². The van der Waals surface area contributed by atoms with Crippen molar-refractivity contribution in [2.24, 2.45) is 23.7 Å². The van der Waals surface area contributed by atoms with Crippen LogP contribution in [0.2, 0.25) is 0 Å². The maximum atomic E-state index is 12.5. The van der Waals surface area contributed by atoms with Gasteiger partial charge in [-0.3, -0.25) is 13.9 Å². The first kappa shape index (κ1) is 16.1. The minimum atomic E-state index is -2.95. The van der Waals surface area contributed by atoms with Crippen LogP contribution in [0.4, 0.5) is 0 Å². The molecule has 0 aromatic rings. The van der Waals surface area contributed by atoms with Gasteiger partial charge in [-0.05, 0) is 62.2 Å². The van der Waals surface area contributed by atoms with Gasteiger partial charge in [0.25, 0.3) is 0 Å². The zero-order valence-electron chi connectivity index (χ0n) is 13.9. The second-order valence-electron chi connectivity index (χ2n) is 8.08. The van der Waals surface area contributed by atoms with Crippen LogP contribution >= 0.6 is 11.0 Å². The lowest BCUT2D eigenvalue weighted by Gasteiger charge is -2.55. The third-order valence-electron chi connectivity index (χ3n) is 6.52. The molecule has 4 saturated carbocycles. The van der Waals surface area contributed by atoms with Crippen LogP contribution in [0.5, 0.6) is 0 Å². The molecule has 0 aromatic carbocycles. The summed E-state index contributed by atoms with van der Waals surface area (Å²) in [5, 5.41) is 3.25. The molecule has 0 spiro atoms. The highest BCUT2D eigenvalue weighted by molar-refractivity contribution is 8.20. The maximum Gasteiger partial charge on any atom is 0.236 e. The molecule has 1 aliphatic heterocycles. The first-order valence-corrected chi connectivity index (χ1v) is 10.4. The summed E-state index contributed by atoms with van der Waals surface area (Å²) in [6.45, 7) is 1.33. The van der Waals surface area contributed by atoms with Crippen LogP contribution in [0.3, 0.4) is 0 Å². The molecule has 6 nitrogen and oxygen atoms in total. The van der Waals surface area contributed by atoms with E-state index in [2.05, 4.69) is 5.32 Å². The van der Waals surface area contributed by atoms with Gasteiger partial charge in [-0.2, -0.15) is 8.61 Å². The van der Waals surface area contributed by atoms with E-state index in [4.69, 9.17) is 0 Å². The fourth-order valence-electron chi connectivity index (χ4n) is 5.63. The van der Waals surface area contributed by atoms with Gasteiger partial charge in [-0.1, -0.05) is 11.0 Å². The number of nitrogens with one attached hydrogen (secondary N) is 1. The molecule has 0 unspecified atom stereocenters. The van der Waals surface area contributed by atoms with Gasteiger partial charge in [0.05, 0.1) is 6.54 Å². The molecule has 7 heteroatoms. The Morgan fingerprint density at radius 3 is 2.30 bits per heavy atom. The Balaban J connectivity index is 1.37. The second kappa shape index (κ2) is 5.88. The molecule has 132 valence electrons. The number of carbonyl (C=O) groups excluding carboxylic acids is 1. The molecule has 4 aliphatic carbocycles. The van der Waals surface area contributed by atoms with Crippen molar-refractivity contribution in [3.63, 3.8) is 0 Å². The summed E-state index contributed by atoms with van der Waals surface area (Å²) in [7, 11) is -1.25. The molecule has 1 heterocycles. The molecular formula is C16H29N3O3S. The average Bonchev–Trinajstić information content (AvgIpc) is 2.47. The molecule has 1 amide bonds. The summed E-state index contributed by atoms with van der Waals surface area (Å²) in [6, 6.07) is 0.319. The fraction of sp³-hybridized carbons (Fsp3) is 0.938. The topological polar surface area (TPSA) is 76.0 Å². The molecule has 0 aromatic heterocycles. The van der Waals surface area contributed by atoms with Crippen molar-refractivity contribution in [2.75, 3.05) is 26.7 Å². The SMILES string of the molecule is CN1CCCN(CC(=O)NC2C3CC4CC(C3)CC2C4)S1(O)O. The van der Waals surface area contributed by atoms with Crippen molar-refractivity contribution in [3.8, 4) is 0 Å². The Bertz CT molecular complexity index is 459. The highest BCUT2D eigenvalue weighted by atomic mass is 32.3. The van der Waals surface area contributed by atoms with Crippen LogP contribution in [0.15, 0.2) is 0 Å². The molecule has 0 radical (unpaired) electrons. The van der Waals surface area contributed by atoms with Crippen molar-refractivity contribution in [2.45, 2.75) is 44.6 Å². The van der Waals surface area contributed by atoms with Crippen LogP contribution in [-0.2, 0) is 4.79 Å². The van der Waals surface area contributed by atoms with E-state index in [1.165, 1.54) is 32.1 Å². The summed E-state index contributed by atoms with van der Waals surface area (Å²) in [4.78, 5) is 12.5. The Hall–Kier alpha value is -0.340. The van der Waals surface area contributed by atoms with Crippen molar-refractivity contribution < 1.29 is 13.9 Å². The molecule has 23 heavy (non-hydrogen) atoms. The number of carbonyl (C=O) groups is 1. The number of rotatable bonds is 3. The van der Waals surface area contributed by atoms with Crippen LogP contribution in [0.25, 0.3) is 0 Å². The first-order chi connectivity index (χ1) is 10.9. The standard InChI is InChI=1S/C16H29N3O3S/c1-18-3-2-4-19(23(18,21)22)10-15(20)17-16-13-6-11-5-12(8-13)9-14(16)7-11/h11-14,16,21-22H,2-10H2,1H3,(H,17,20). The lowest BCUT2D eigenvalue weighted by molar-refractivity contribution is -0.125. The summed E-state index contributed by atoms with van der Waals surface area (Å²) < 4.78 is 23.6. The minimum absolute atomic E-state index is 0.0438. The first-order valence-electron chi connectivity index (χ1n) is 8.97.